The van der Waals surface area contributed by atoms with E-state index in [2.05, 4.69) is 25.8 Å². The minimum absolute atomic E-state index is 0.0191. The molecule has 2 amide bonds. The SMILES string of the molecule is CN(C)CCNC(=O)c1ccc2cc1CN1CCC[C@H]1C(=O)NCc1cccc(c1)-c1ccnc(n1)N2. The summed E-state index contributed by atoms with van der Waals surface area (Å²) in [5, 5.41) is 9.45. The van der Waals surface area contributed by atoms with E-state index >= 15 is 0 Å². The average molecular weight is 500 g/mol. The fourth-order valence-electron chi connectivity index (χ4n) is 4.90. The number of amides is 2. The molecule has 2 aliphatic heterocycles. The van der Waals surface area contributed by atoms with Crippen molar-refractivity contribution in [1.29, 1.82) is 0 Å². The molecule has 9 nitrogen and oxygen atoms in total. The lowest BCUT2D eigenvalue weighted by Crippen LogP contribution is -2.43. The van der Waals surface area contributed by atoms with Gasteiger partial charge in [0, 0.05) is 49.2 Å². The smallest absolute Gasteiger partial charge is 0.251 e. The Labute approximate surface area is 217 Å². The maximum atomic E-state index is 13.2. The Balaban J connectivity index is 1.51. The summed E-state index contributed by atoms with van der Waals surface area (Å²) in [6.45, 7) is 3.06. The van der Waals surface area contributed by atoms with Crippen LogP contribution in [0.2, 0.25) is 0 Å². The zero-order valence-corrected chi connectivity index (χ0v) is 21.3. The second-order valence-electron chi connectivity index (χ2n) is 9.87. The van der Waals surface area contributed by atoms with Crippen molar-refractivity contribution < 1.29 is 9.59 Å². The number of fused-ring (bicyclic) bond motifs is 8. The third kappa shape index (κ3) is 5.95. The van der Waals surface area contributed by atoms with Gasteiger partial charge in [0.25, 0.3) is 5.91 Å². The second-order valence-corrected chi connectivity index (χ2v) is 9.87. The Hall–Kier alpha value is -3.82. The van der Waals surface area contributed by atoms with Crippen molar-refractivity contribution in [3.05, 3.63) is 71.4 Å². The molecule has 0 saturated carbocycles. The van der Waals surface area contributed by atoms with Crippen molar-refractivity contribution in [1.82, 2.24) is 30.4 Å². The molecule has 2 aromatic carbocycles. The van der Waals surface area contributed by atoms with Crippen molar-refractivity contribution in [2.75, 3.05) is 39.0 Å². The summed E-state index contributed by atoms with van der Waals surface area (Å²) in [4.78, 5) is 39.6. The van der Waals surface area contributed by atoms with E-state index < -0.39 is 0 Å². The topological polar surface area (TPSA) is 102 Å². The summed E-state index contributed by atoms with van der Waals surface area (Å²) in [6.07, 6.45) is 3.46. The maximum Gasteiger partial charge on any atom is 0.251 e. The highest BCUT2D eigenvalue weighted by atomic mass is 16.2. The van der Waals surface area contributed by atoms with Gasteiger partial charge in [-0.15, -0.1) is 0 Å². The van der Waals surface area contributed by atoms with Crippen LogP contribution in [0.15, 0.2) is 54.7 Å². The molecule has 3 aromatic rings. The molecular weight excluding hydrogens is 466 g/mol. The van der Waals surface area contributed by atoms with Crippen LogP contribution in [0.5, 0.6) is 0 Å². The molecule has 1 atom stereocenters. The summed E-state index contributed by atoms with van der Waals surface area (Å²) in [7, 11) is 3.95. The monoisotopic (exact) mass is 499 g/mol. The Morgan fingerprint density at radius 2 is 2.08 bits per heavy atom. The van der Waals surface area contributed by atoms with Gasteiger partial charge in [0.1, 0.15) is 0 Å². The van der Waals surface area contributed by atoms with Crippen LogP contribution in [0.1, 0.15) is 34.3 Å². The fourth-order valence-corrected chi connectivity index (χ4v) is 4.90. The van der Waals surface area contributed by atoms with Gasteiger partial charge in [-0.2, -0.15) is 0 Å². The van der Waals surface area contributed by atoms with Crippen LogP contribution in [-0.2, 0) is 17.9 Å². The first-order chi connectivity index (χ1) is 18.0. The molecule has 5 rings (SSSR count). The zero-order valence-electron chi connectivity index (χ0n) is 21.3. The van der Waals surface area contributed by atoms with E-state index in [1.165, 1.54) is 0 Å². The van der Waals surface area contributed by atoms with Gasteiger partial charge in [-0.25, -0.2) is 9.97 Å². The maximum absolute atomic E-state index is 13.2. The van der Waals surface area contributed by atoms with Gasteiger partial charge >= 0.3 is 0 Å². The average Bonchev–Trinajstić information content (AvgIpc) is 3.35. The predicted molar refractivity (Wildman–Crippen MR) is 143 cm³/mol. The Morgan fingerprint density at radius 3 is 2.95 bits per heavy atom. The molecule has 1 fully saturated rings. The molecule has 0 unspecified atom stereocenters. The van der Waals surface area contributed by atoms with Crippen molar-refractivity contribution in [3.8, 4) is 11.3 Å². The summed E-state index contributed by atoms with van der Waals surface area (Å²) >= 11 is 0. The van der Waals surface area contributed by atoms with Gasteiger partial charge in [0.15, 0.2) is 0 Å². The molecule has 1 aromatic heterocycles. The Morgan fingerprint density at radius 1 is 1.19 bits per heavy atom. The molecule has 192 valence electrons. The molecule has 3 N–H and O–H groups in total. The summed E-state index contributed by atoms with van der Waals surface area (Å²) in [5.41, 5.74) is 5.02. The van der Waals surface area contributed by atoms with Crippen LogP contribution < -0.4 is 16.0 Å². The van der Waals surface area contributed by atoms with E-state index in [-0.39, 0.29) is 17.9 Å². The summed E-state index contributed by atoms with van der Waals surface area (Å²) in [6, 6.07) is 15.4. The molecule has 3 heterocycles. The number of carbonyl (C=O) groups excluding carboxylic acids is 2. The standard InChI is InChI=1S/C28H33N7O2/c1-34(2)14-12-29-26(36)23-9-8-22-16-21(23)18-35-13-4-7-25(35)27(37)31-17-19-5-3-6-20(15-19)24-10-11-30-28(32-22)33-24/h3,5-6,8-11,15-16,25H,4,7,12-14,17-18H2,1-2H3,(H,29,36)(H,31,37)(H,30,32,33)/t25-/m0/s1. The molecule has 2 aliphatic rings. The van der Waals surface area contributed by atoms with Gasteiger partial charge < -0.3 is 20.9 Å². The minimum atomic E-state index is -0.228. The molecule has 1 saturated heterocycles. The van der Waals surface area contributed by atoms with Crippen molar-refractivity contribution in [2.45, 2.75) is 32.0 Å². The van der Waals surface area contributed by atoms with E-state index in [0.717, 1.165) is 54.0 Å². The van der Waals surface area contributed by atoms with Gasteiger partial charge in [-0.05, 0) is 74.9 Å². The lowest BCUT2D eigenvalue weighted by Gasteiger charge is -2.25. The highest BCUT2D eigenvalue weighted by Gasteiger charge is 2.31. The van der Waals surface area contributed by atoms with Crippen LogP contribution in [0.3, 0.4) is 0 Å². The van der Waals surface area contributed by atoms with E-state index in [9.17, 15) is 9.59 Å². The first kappa shape index (κ1) is 24.9. The molecule has 9 heteroatoms. The predicted octanol–water partition coefficient (Wildman–Crippen LogP) is 2.77. The van der Waals surface area contributed by atoms with Gasteiger partial charge in [0.2, 0.25) is 11.9 Å². The number of hydrogen-bond acceptors (Lipinski definition) is 7. The fraction of sp³-hybridized carbons (Fsp3) is 0.357. The number of benzene rings is 2. The first-order valence-electron chi connectivity index (χ1n) is 12.7. The number of carbonyl (C=O) groups is 2. The molecule has 0 spiro atoms. The lowest BCUT2D eigenvalue weighted by atomic mass is 10.0. The first-order valence-corrected chi connectivity index (χ1v) is 12.7. The molecule has 0 radical (unpaired) electrons. The highest BCUT2D eigenvalue weighted by molar-refractivity contribution is 5.96. The number of nitrogens with one attached hydrogen (secondary N) is 3. The van der Waals surface area contributed by atoms with Gasteiger partial charge in [-0.1, -0.05) is 18.2 Å². The van der Waals surface area contributed by atoms with Crippen LogP contribution in [-0.4, -0.2) is 71.4 Å². The quantitative estimate of drug-likeness (QED) is 0.507. The number of nitrogens with zero attached hydrogens (tertiary/aromatic N) is 4. The molecule has 0 aliphatic carbocycles. The van der Waals surface area contributed by atoms with Crippen LogP contribution >= 0.6 is 0 Å². The number of likely N-dealkylation sites (N-methyl/N-ethyl adjacent to an activating group) is 1. The van der Waals surface area contributed by atoms with Crippen LogP contribution in [0, 0.1) is 0 Å². The Kier molecular flexibility index (Phi) is 7.43. The van der Waals surface area contributed by atoms with Crippen molar-refractivity contribution >= 4 is 23.5 Å². The van der Waals surface area contributed by atoms with E-state index in [0.29, 0.717) is 31.1 Å². The number of aromatic nitrogens is 2. The lowest BCUT2D eigenvalue weighted by molar-refractivity contribution is -0.125. The van der Waals surface area contributed by atoms with Crippen LogP contribution in [0.25, 0.3) is 11.3 Å². The number of hydrogen-bond donors (Lipinski definition) is 3. The second kappa shape index (κ2) is 11.1. The van der Waals surface area contributed by atoms with Crippen molar-refractivity contribution in [3.63, 3.8) is 0 Å². The highest BCUT2D eigenvalue weighted by Crippen LogP contribution is 2.26. The van der Waals surface area contributed by atoms with Crippen molar-refractivity contribution in [2.24, 2.45) is 0 Å². The van der Waals surface area contributed by atoms with E-state index in [1.54, 1.807) is 6.20 Å². The van der Waals surface area contributed by atoms with Gasteiger partial charge in [0.05, 0.1) is 11.7 Å². The number of anilines is 2. The third-order valence-corrected chi connectivity index (χ3v) is 6.84. The number of rotatable bonds is 4. The summed E-state index contributed by atoms with van der Waals surface area (Å²) < 4.78 is 0. The van der Waals surface area contributed by atoms with E-state index in [1.807, 2.05) is 67.5 Å². The molecule has 37 heavy (non-hydrogen) atoms. The third-order valence-electron chi connectivity index (χ3n) is 6.84. The van der Waals surface area contributed by atoms with Crippen LogP contribution in [0.4, 0.5) is 11.6 Å². The molecule has 6 bridgehead atoms. The normalized spacial score (nSPS) is 17.6. The van der Waals surface area contributed by atoms with E-state index in [4.69, 9.17) is 4.98 Å². The summed E-state index contributed by atoms with van der Waals surface area (Å²) in [5.74, 6) is 0.386. The minimum Gasteiger partial charge on any atom is -0.351 e. The largest absolute Gasteiger partial charge is 0.351 e. The zero-order chi connectivity index (χ0) is 25.8. The Bertz CT molecular complexity index is 1290. The van der Waals surface area contributed by atoms with Gasteiger partial charge in [-0.3, -0.25) is 14.5 Å². The molecular formula is C28H33N7O2.